The fourth-order valence-electron chi connectivity index (χ4n) is 1.82. The van der Waals surface area contributed by atoms with Crippen LogP contribution in [0.4, 0.5) is 5.69 Å². The zero-order valence-electron chi connectivity index (χ0n) is 11.1. The molecule has 0 radical (unpaired) electrons. The minimum absolute atomic E-state index is 0.328. The Morgan fingerprint density at radius 3 is 2.62 bits per heavy atom. The number of amides is 1. The fourth-order valence-corrected chi connectivity index (χ4v) is 2.58. The van der Waals surface area contributed by atoms with Crippen LogP contribution < -0.4 is 5.32 Å². The first-order valence-electron chi connectivity index (χ1n) is 6.07. The molecule has 6 heteroatoms. The zero-order chi connectivity index (χ0) is 15.4. The second-order valence-electron chi connectivity index (χ2n) is 4.31. The lowest BCUT2D eigenvalue weighted by molar-refractivity contribution is 0.102. The normalized spacial score (nSPS) is 11.3. The Morgan fingerprint density at radius 2 is 1.95 bits per heavy atom. The number of carbonyl (C=O) groups excluding carboxylic acids is 1. The second-order valence-corrected chi connectivity index (χ2v) is 5.63. The highest BCUT2D eigenvalue weighted by Crippen LogP contribution is 2.23. The molecular weight excluding hydrogens is 356 g/mol. The summed E-state index contributed by atoms with van der Waals surface area (Å²) < 4.78 is 0.799. The van der Waals surface area contributed by atoms with Crippen LogP contribution in [-0.2, 0) is 0 Å². The highest BCUT2D eigenvalue weighted by Gasteiger charge is 2.13. The lowest BCUT2D eigenvalue weighted by atomic mass is 10.1. The molecule has 0 bridgehead atoms. The molecule has 0 aromatic heterocycles. The van der Waals surface area contributed by atoms with Crippen LogP contribution in [0.5, 0.6) is 0 Å². The third-order valence-electron chi connectivity index (χ3n) is 2.89. The van der Waals surface area contributed by atoms with Gasteiger partial charge in [0.1, 0.15) is 0 Å². The van der Waals surface area contributed by atoms with E-state index in [2.05, 4.69) is 26.4 Å². The van der Waals surface area contributed by atoms with Crippen molar-refractivity contribution in [3.8, 4) is 0 Å². The summed E-state index contributed by atoms with van der Waals surface area (Å²) in [6, 6.07) is 12.1. The van der Waals surface area contributed by atoms with Crippen LogP contribution in [0, 0.1) is 0 Å². The fraction of sp³-hybridized carbons (Fsp3) is 0.0667. The SMILES string of the molecule is C/C(=N\O)c1ccccc1NC(=O)c1ccc(Br)cc1Cl. The standard InChI is InChI=1S/C15H12BrClN2O2/c1-9(19-21)11-4-2-3-5-14(11)18-15(20)12-7-6-10(16)8-13(12)17/h2-8,21H,1H3,(H,18,20)/b19-9+. The van der Waals surface area contributed by atoms with Crippen molar-refractivity contribution in [1.29, 1.82) is 0 Å². The maximum Gasteiger partial charge on any atom is 0.257 e. The average Bonchev–Trinajstić information content (AvgIpc) is 2.46. The van der Waals surface area contributed by atoms with E-state index < -0.39 is 0 Å². The van der Waals surface area contributed by atoms with Crippen molar-refractivity contribution >= 4 is 44.8 Å². The Morgan fingerprint density at radius 1 is 1.24 bits per heavy atom. The van der Waals surface area contributed by atoms with Crippen molar-refractivity contribution < 1.29 is 10.0 Å². The summed E-state index contributed by atoms with van der Waals surface area (Å²) >= 11 is 9.36. The van der Waals surface area contributed by atoms with Gasteiger partial charge in [0.2, 0.25) is 0 Å². The van der Waals surface area contributed by atoms with Gasteiger partial charge in [0, 0.05) is 10.0 Å². The van der Waals surface area contributed by atoms with Crippen LogP contribution in [-0.4, -0.2) is 16.8 Å². The van der Waals surface area contributed by atoms with Gasteiger partial charge < -0.3 is 10.5 Å². The number of anilines is 1. The first-order chi connectivity index (χ1) is 10.0. The second kappa shape index (κ2) is 6.74. The van der Waals surface area contributed by atoms with Gasteiger partial charge in [-0.1, -0.05) is 50.9 Å². The highest BCUT2D eigenvalue weighted by molar-refractivity contribution is 9.10. The van der Waals surface area contributed by atoms with Gasteiger partial charge in [-0.25, -0.2) is 0 Å². The molecule has 0 aliphatic carbocycles. The van der Waals surface area contributed by atoms with Crippen LogP contribution in [0.25, 0.3) is 0 Å². The van der Waals surface area contributed by atoms with Gasteiger partial charge in [-0.2, -0.15) is 0 Å². The molecule has 2 aromatic rings. The molecule has 2 rings (SSSR count). The van der Waals surface area contributed by atoms with Crippen molar-refractivity contribution in [3.05, 3.63) is 63.1 Å². The van der Waals surface area contributed by atoms with E-state index in [9.17, 15) is 4.79 Å². The van der Waals surface area contributed by atoms with Crippen LogP contribution >= 0.6 is 27.5 Å². The maximum atomic E-state index is 12.3. The van der Waals surface area contributed by atoms with E-state index in [0.29, 0.717) is 27.5 Å². The van der Waals surface area contributed by atoms with Gasteiger partial charge in [0.25, 0.3) is 5.91 Å². The summed E-state index contributed by atoms with van der Waals surface area (Å²) in [5.74, 6) is -0.328. The van der Waals surface area contributed by atoms with E-state index in [1.165, 1.54) is 0 Å². The molecule has 21 heavy (non-hydrogen) atoms. The minimum Gasteiger partial charge on any atom is -0.411 e. The Bertz CT molecular complexity index is 717. The predicted molar refractivity (Wildman–Crippen MR) is 87.5 cm³/mol. The average molecular weight is 368 g/mol. The predicted octanol–water partition coefficient (Wildman–Crippen LogP) is 4.55. The highest BCUT2D eigenvalue weighted by atomic mass is 79.9. The molecule has 0 atom stereocenters. The molecule has 2 N–H and O–H groups in total. The first kappa shape index (κ1) is 15.5. The third kappa shape index (κ3) is 3.62. The van der Waals surface area contributed by atoms with E-state index in [1.807, 2.05) is 0 Å². The third-order valence-corrected chi connectivity index (χ3v) is 3.70. The van der Waals surface area contributed by atoms with Gasteiger partial charge in [-0.3, -0.25) is 4.79 Å². The molecule has 0 saturated carbocycles. The number of benzene rings is 2. The molecule has 0 unspecified atom stereocenters. The van der Waals surface area contributed by atoms with Crippen LogP contribution in [0.15, 0.2) is 52.1 Å². The smallest absolute Gasteiger partial charge is 0.257 e. The summed E-state index contributed by atoms with van der Waals surface area (Å²) in [6.45, 7) is 1.65. The number of nitrogens with zero attached hydrogens (tertiary/aromatic N) is 1. The van der Waals surface area contributed by atoms with Crippen LogP contribution in [0.2, 0.25) is 5.02 Å². The largest absolute Gasteiger partial charge is 0.411 e. The molecule has 2 aromatic carbocycles. The Balaban J connectivity index is 2.32. The molecule has 4 nitrogen and oxygen atoms in total. The Hall–Kier alpha value is -1.85. The number of hydrogen-bond acceptors (Lipinski definition) is 3. The first-order valence-corrected chi connectivity index (χ1v) is 7.24. The van der Waals surface area contributed by atoms with Crippen molar-refractivity contribution in [1.82, 2.24) is 0 Å². The number of para-hydroxylation sites is 1. The van der Waals surface area contributed by atoms with Gasteiger partial charge in [-0.15, -0.1) is 0 Å². The van der Waals surface area contributed by atoms with E-state index in [1.54, 1.807) is 49.4 Å². The van der Waals surface area contributed by atoms with Gasteiger partial charge in [0.05, 0.1) is 22.0 Å². The quantitative estimate of drug-likeness (QED) is 0.475. The Kier molecular flexibility index (Phi) is 4.98. The molecule has 0 fully saturated rings. The van der Waals surface area contributed by atoms with Gasteiger partial charge in [-0.05, 0) is 31.2 Å². The van der Waals surface area contributed by atoms with Crippen molar-refractivity contribution in [2.45, 2.75) is 6.92 Å². The Labute approximate surface area is 135 Å². The topological polar surface area (TPSA) is 61.7 Å². The molecule has 0 heterocycles. The van der Waals surface area contributed by atoms with Gasteiger partial charge in [0.15, 0.2) is 0 Å². The summed E-state index contributed by atoms with van der Waals surface area (Å²) in [7, 11) is 0. The number of halogens is 2. The van der Waals surface area contributed by atoms with Crippen LogP contribution in [0.3, 0.4) is 0 Å². The van der Waals surface area contributed by atoms with E-state index >= 15 is 0 Å². The number of hydrogen-bond donors (Lipinski definition) is 2. The summed E-state index contributed by atoms with van der Waals surface area (Å²) in [4.78, 5) is 12.3. The number of oxime groups is 1. The molecule has 0 aliphatic heterocycles. The summed E-state index contributed by atoms with van der Waals surface area (Å²) in [5, 5.41) is 15.2. The van der Waals surface area contributed by atoms with Gasteiger partial charge >= 0.3 is 0 Å². The van der Waals surface area contributed by atoms with E-state index in [4.69, 9.17) is 16.8 Å². The molecule has 0 spiro atoms. The molecule has 1 amide bonds. The lowest BCUT2D eigenvalue weighted by Gasteiger charge is -2.11. The maximum absolute atomic E-state index is 12.3. The van der Waals surface area contributed by atoms with E-state index in [0.717, 1.165) is 4.47 Å². The number of carbonyl (C=O) groups is 1. The van der Waals surface area contributed by atoms with Crippen molar-refractivity contribution in [2.75, 3.05) is 5.32 Å². The number of nitrogens with one attached hydrogen (secondary N) is 1. The number of rotatable bonds is 3. The van der Waals surface area contributed by atoms with Crippen LogP contribution in [0.1, 0.15) is 22.8 Å². The minimum atomic E-state index is -0.328. The van der Waals surface area contributed by atoms with Crippen molar-refractivity contribution in [2.24, 2.45) is 5.16 Å². The van der Waals surface area contributed by atoms with E-state index in [-0.39, 0.29) is 5.91 Å². The molecule has 0 saturated heterocycles. The zero-order valence-corrected chi connectivity index (χ0v) is 13.4. The summed E-state index contributed by atoms with van der Waals surface area (Å²) in [5.41, 5.74) is 1.97. The molecule has 108 valence electrons. The monoisotopic (exact) mass is 366 g/mol. The lowest BCUT2D eigenvalue weighted by Crippen LogP contribution is -2.15. The summed E-state index contributed by atoms with van der Waals surface area (Å²) in [6.07, 6.45) is 0. The molecular formula is C15H12BrClN2O2. The molecule has 0 aliphatic rings. The van der Waals surface area contributed by atoms with Crippen molar-refractivity contribution in [3.63, 3.8) is 0 Å².